The summed E-state index contributed by atoms with van der Waals surface area (Å²) in [5.74, 6) is 0.215. The Hall–Kier alpha value is -1.63. The standard InChI is InChI=1S/C15H24BN3O3/c16-18-9-7-12(11-18)10-17-13(20)4-2-1-3-8-19-14(21)5-6-15(19)22/h5-6,12H,1-4,7-11,16H2,(H,17,20)/t12-/m1/s1. The van der Waals surface area contributed by atoms with Gasteiger partial charge in [0.25, 0.3) is 11.8 Å². The van der Waals surface area contributed by atoms with E-state index in [1.807, 2.05) is 0 Å². The molecule has 22 heavy (non-hydrogen) atoms. The third kappa shape index (κ3) is 4.98. The molecule has 0 aromatic carbocycles. The number of unbranched alkanes of at least 4 members (excludes halogenated alkanes) is 2. The van der Waals surface area contributed by atoms with Gasteiger partial charge in [0.15, 0.2) is 7.98 Å². The van der Waals surface area contributed by atoms with Crippen LogP contribution in [0.1, 0.15) is 32.1 Å². The lowest BCUT2D eigenvalue weighted by molar-refractivity contribution is -0.136. The van der Waals surface area contributed by atoms with Crippen molar-refractivity contribution in [1.29, 1.82) is 0 Å². The number of carbonyl (C=O) groups excluding carboxylic acids is 3. The van der Waals surface area contributed by atoms with Gasteiger partial charge in [0.2, 0.25) is 5.91 Å². The molecular formula is C15H24BN3O3. The SMILES string of the molecule is BN1CC[C@H](CNC(=O)CCCCCN2C(=O)C=CC2=O)C1. The van der Waals surface area contributed by atoms with Crippen LogP contribution in [0.5, 0.6) is 0 Å². The molecule has 3 amide bonds. The van der Waals surface area contributed by atoms with Crippen LogP contribution in [0.25, 0.3) is 0 Å². The first-order valence-electron chi connectivity index (χ1n) is 8.05. The monoisotopic (exact) mass is 305 g/mol. The van der Waals surface area contributed by atoms with Crippen LogP contribution in [0.2, 0.25) is 0 Å². The largest absolute Gasteiger partial charge is 0.356 e. The first-order valence-corrected chi connectivity index (χ1v) is 8.05. The second-order valence-electron chi connectivity index (χ2n) is 6.19. The molecule has 0 radical (unpaired) electrons. The molecule has 0 aromatic heterocycles. The second-order valence-corrected chi connectivity index (χ2v) is 6.19. The molecule has 0 bridgehead atoms. The van der Waals surface area contributed by atoms with E-state index in [-0.39, 0.29) is 17.7 Å². The fraction of sp³-hybridized carbons (Fsp3) is 0.667. The lowest BCUT2D eigenvalue weighted by atomic mass is 10.1. The molecule has 0 aliphatic carbocycles. The van der Waals surface area contributed by atoms with Crippen LogP contribution in [0.15, 0.2) is 12.2 Å². The highest BCUT2D eigenvalue weighted by Crippen LogP contribution is 2.12. The predicted octanol–water partition coefficient (Wildman–Crippen LogP) is -0.542. The molecule has 7 heteroatoms. The van der Waals surface area contributed by atoms with Crippen molar-refractivity contribution in [1.82, 2.24) is 15.0 Å². The van der Waals surface area contributed by atoms with E-state index in [1.54, 1.807) is 0 Å². The summed E-state index contributed by atoms with van der Waals surface area (Å²) < 4.78 is 0. The van der Waals surface area contributed by atoms with E-state index in [0.29, 0.717) is 18.9 Å². The lowest BCUT2D eigenvalue weighted by Gasteiger charge is -2.13. The molecule has 1 N–H and O–H groups in total. The Morgan fingerprint density at radius 1 is 1.23 bits per heavy atom. The average molecular weight is 305 g/mol. The highest BCUT2D eigenvalue weighted by Gasteiger charge is 2.22. The van der Waals surface area contributed by atoms with E-state index in [2.05, 4.69) is 18.1 Å². The van der Waals surface area contributed by atoms with Crippen molar-refractivity contribution in [2.45, 2.75) is 32.1 Å². The molecule has 2 heterocycles. The van der Waals surface area contributed by atoms with E-state index in [4.69, 9.17) is 0 Å². The van der Waals surface area contributed by atoms with Crippen molar-refractivity contribution in [2.24, 2.45) is 5.92 Å². The minimum absolute atomic E-state index is 0.101. The number of hydrogen-bond donors (Lipinski definition) is 1. The van der Waals surface area contributed by atoms with Crippen LogP contribution in [0.3, 0.4) is 0 Å². The Labute approximate surface area is 132 Å². The molecule has 0 saturated carbocycles. The van der Waals surface area contributed by atoms with E-state index < -0.39 is 0 Å². The Bertz CT molecular complexity index is 449. The van der Waals surface area contributed by atoms with Gasteiger partial charge in [-0.15, -0.1) is 0 Å². The summed E-state index contributed by atoms with van der Waals surface area (Å²) in [5, 5.41) is 3.00. The number of nitrogens with zero attached hydrogens (tertiary/aromatic N) is 2. The normalized spacial score (nSPS) is 21.8. The van der Waals surface area contributed by atoms with Gasteiger partial charge in [-0.1, -0.05) is 6.42 Å². The molecule has 0 aromatic rings. The van der Waals surface area contributed by atoms with Gasteiger partial charge in [-0.25, -0.2) is 0 Å². The molecule has 1 fully saturated rings. The highest BCUT2D eigenvalue weighted by atomic mass is 16.2. The summed E-state index contributed by atoms with van der Waals surface area (Å²) in [6, 6.07) is 0. The zero-order valence-corrected chi connectivity index (χ0v) is 13.2. The summed E-state index contributed by atoms with van der Waals surface area (Å²) in [4.78, 5) is 38.0. The Kier molecular flexibility index (Phi) is 6.18. The summed E-state index contributed by atoms with van der Waals surface area (Å²) in [6.07, 6.45) is 6.66. The van der Waals surface area contributed by atoms with Crippen molar-refractivity contribution in [3.63, 3.8) is 0 Å². The van der Waals surface area contributed by atoms with Crippen molar-refractivity contribution in [2.75, 3.05) is 26.2 Å². The summed E-state index contributed by atoms with van der Waals surface area (Å²) in [6.45, 7) is 3.39. The molecule has 0 unspecified atom stereocenters. The minimum atomic E-state index is -0.232. The van der Waals surface area contributed by atoms with Gasteiger partial charge in [0.1, 0.15) is 0 Å². The fourth-order valence-corrected chi connectivity index (χ4v) is 2.92. The van der Waals surface area contributed by atoms with Gasteiger partial charge in [-0.05, 0) is 38.3 Å². The number of nitrogens with one attached hydrogen (secondary N) is 1. The lowest BCUT2D eigenvalue weighted by Crippen LogP contribution is -2.31. The Balaban J connectivity index is 1.49. The van der Waals surface area contributed by atoms with Crippen LogP contribution in [0, 0.1) is 5.92 Å². The summed E-state index contributed by atoms with van der Waals surface area (Å²) in [7, 11) is 2.10. The maximum absolute atomic E-state index is 11.8. The molecule has 6 nitrogen and oxygen atoms in total. The predicted molar refractivity (Wildman–Crippen MR) is 85.6 cm³/mol. The third-order valence-electron chi connectivity index (χ3n) is 4.26. The van der Waals surface area contributed by atoms with E-state index >= 15 is 0 Å². The second kappa shape index (κ2) is 8.12. The zero-order chi connectivity index (χ0) is 15.9. The number of amides is 3. The van der Waals surface area contributed by atoms with Gasteiger partial charge in [0.05, 0.1) is 0 Å². The van der Waals surface area contributed by atoms with Crippen LogP contribution in [-0.2, 0) is 14.4 Å². The van der Waals surface area contributed by atoms with Crippen molar-refractivity contribution >= 4 is 25.7 Å². The van der Waals surface area contributed by atoms with Gasteiger partial charge >= 0.3 is 0 Å². The van der Waals surface area contributed by atoms with Gasteiger partial charge < -0.3 is 10.1 Å². The van der Waals surface area contributed by atoms with Crippen LogP contribution in [0.4, 0.5) is 0 Å². The van der Waals surface area contributed by atoms with E-state index in [9.17, 15) is 14.4 Å². The highest BCUT2D eigenvalue weighted by molar-refractivity contribution is 6.12. The molecule has 2 rings (SSSR count). The average Bonchev–Trinajstić information content (AvgIpc) is 3.04. The maximum atomic E-state index is 11.8. The Morgan fingerprint density at radius 2 is 1.95 bits per heavy atom. The van der Waals surface area contributed by atoms with Gasteiger partial charge in [-0.2, -0.15) is 0 Å². The number of carbonyl (C=O) groups is 3. The summed E-state index contributed by atoms with van der Waals surface area (Å²) >= 11 is 0. The van der Waals surface area contributed by atoms with Crippen molar-refractivity contribution in [3.8, 4) is 0 Å². The number of hydrogen-bond acceptors (Lipinski definition) is 4. The first kappa shape index (κ1) is 16.7. The molecule has 2 aliphatic rings. The molecular weight excluding hydrogens is 281 g/mol. The van der Waals surface area contributed by atoms with Gasteiger partial charge in [-0.3, -0.25) is 19.3 Å². The van der Waals surface area contributed by atoms with Crippen LogP contribution in [-0.4, -0.2) is 61.6 Å². The topological polar surface area (TPSA) is 69.7 Å². The van der Waals surface area contributed by atoms with E-state index in [0.717, 1.165) is 45.3 Å². The van der Waals surface area contributed by atoms with E-state index in [1.165, 1.54) is 17.1 Å². The molecule has 120 valence electrons. The zero-order valence-electron chi connectivity index (χ0n) is 13.2. The van der Waals surface area contributed by atoms with Crippen molar-refractivity contribution in [3.05, 3.63) is 12.2 Å². The molecule has 2 aliphatic heterocycles. The van der Waals surface area contributed by atoms with Crippen LogP contribution >= 0.6 is 0 Å². The fourth-order valence-electron chi connectivity index (χ4n) is 2.92. The number of imide groups is 1. The minimum Gasteiger partial charge on any atom is -0.356 e. The maximum Gasteiger partial charge on any atom is 0.253 e. The Morgan fingerprint density at radius 3 is 2.59 bits per heavy atom. The van der Waals surface area contributed by atoms with Crippen molar-refractivity contribution < 1.29 is 14.4 Å². The smallest absolute Gasteiger partial charge is 0.253 e. The van der Waals surface area contributed by atoms with Gasteiger partial charge in [0, 0.05) is 31.7 Å². The quantitative estimate of drug-likeness (QED) is 0.371. The summed E-state index contributed by atoms with van der Waals surface area (Å²) in [5.41, 5.74) is 0. The molecule has 1 saturated heterocycles. The van der Waals surface area contributed by atoms with Crippen LogP contribution < -0.4 is 5.32 Å². The molecule has 1 atom stereocenters. The first-order chi connectivity index (χ1) is 10.6. The number of rotatable bonds is 8. The third-order valence-corrected chi connectivity index (χ3v) is 4.26. The molecule has 0 spiro atoms.